The van der Waals surface area contributed by atoms with Crippen LogP contribution < -0.4 is 5.32 Å². The third kappa shape index (κ3) is 2.63. The molecule has 0 bridgehead atoms. The van der Waals surface area contributed by atoms with E-state index in [1.807, 2.05) is 12.1 Å². The SMILES string of the molecule is CCc1ccc2c(c1)[C@H]1OCCC[C@H]1[C@H](c1ccc(F)cc1)N2. The minimum absolute atomic E-state index is 0.140. The topological polar surface area (TPSA) is 21.3 Å². The van der Waals surface area contributed by atoms with Gasteiger partial charge in [0, 0.05) is 23.8 Å². The van der Waals surface area contributed by atoms with Gasteiger partial charge in [0.1, 0.15) is 5.82 Å². The molecule has 120 valence electrons. The summed E-state index contributed by atoms with van der Waals surface area (Å²) >= 11 is 0. The predicted molar refractivity (Wildman–Crippen MR) is 90.0 cm³/mol. The number of aryl methyl sites for hydroxylation is 1. The van der Waals surface area contributed by atoms with Gasteiger partial charge in [0.25, 0.3) is 0 Å². The number of hydrogen-bond donors (Lipinski definition) is 1. The van der Waals surface area contributed by atoms with Crippen LogP contribution in [0.3, 0.4) is 0 Å². The Morgan fingerprint density at radius 2 is 2.00 bits per heavy atom. The molecule has 1 fully saturated rings. The zero-order valence-electron chi connectivity index (χ0n) is 13.4. The summed E-state index contributed by atoms with van der Waals surface area (Å²) in [7, 11) is 0. The van der Waals surface area contributed by atoms with Gasteiger partial charge in [-0.2, -0.15) is 0 Å². The average Bonchev–Trinajstić information content (AvgIpc) is 2.61. The smallest absolute Gasteiger partial charge is 0.123 e. The molecule has 2 aliphatic rings. The Morgan fingerprint density at radius 3 is 2.78 bits per heavy atom. The lowest BCUT2D eigenvalue weighted by molar-refractivity contribution is -0.0381. The summed E-state index contributed by atoms with van der Waals surface area (Å²) in [4.78, 5) is 0. The molecule has 3 atom stereocenters. The first-order valence-electron chi connectivity index (χ1n) is 8.52. The van der Waals surface area contributed by atoms with Crippen LogP contribution in [-0.2, 0) is 11.2 Å². The zero-order chi connectivity index (χ0) is 15.8. The zero-order valence-corrected chi connectivity index (χ0v) is 13.4. The Labute approximate surface area is 136 Å². The van der Waals surface area contributed by atoms with Crippen molar-refractivity contribution in [3.8, 4) is 0 Å². The van der Waals surface area contributed by atoms with Gasteiger partial charge in [0.15, 0.2) is 0 Å². The number of fused-ring (bicyclic) bond motifs is 3. The van der Waals surface area contributed by atoms with Crippen molar-refractivity contribution < 1.29 is 9.13 Å². The van der Waals surface area contributed by atoms with Crippen LogP contribution in [0.15, 0.2) is 42.5 Å². The molecule has 2 aromatic rings. The quantitative estimate of drug-likeness (QED) is 0.840. The van der Waals surface area contributed by atoms with Gasteiger partial charge in [-0.1, -0.05) is 31.2 Å². The summed E-state index contributed by atoms with van der Waals surface area (Å²) in [6.45, 7) is 3.01. The van der Waals surface area contributed by atoms with E-state index in [-0.39, 0.29) is 18.0 Å². The summed E-state index contributed by atoms with van der Waals surface area (Å²) in [6, 6.07) is 13.7. The number of hydrogen-bond acceptors (Lipinski definition) is 2. The van der Waals surface area contributed by atoms with Crippen LogP contribution in [0.1, 0.15) is 48.6 Å². The molecule has 2 heterocycles. The Balaban J connectivity index is 1.75. The maximum atomic E-state index is 13.3. The average molecular weight is 311 g/mol. The molecule has 0 spiro atoms. The van der Waals surface area contributed by atoms with Crippen molar-refractivity contribution in [3.63, 3.8) is 0 Å². The molecule has 2 aliphatic heterocycles. The minimum atomic E-state index is -0.186. The molecular formula is C20H22FNO. The molecule has 0 aromatic heterocycles. The third-order valence-corrected chi connectivity index (χ3v) is 5.17. The summed E-state index contributed by atoms with van der Waals surface area (Å²) in [5.74, 6) is 0.211. The van der Waals surface area contributed by atoms with Crippen LogP contribution in [-0.4, -0.2) is 6.61 Å². The molecule has 0 amide bonds. The first-order valence-corrected chi connectivity index (χ1v) is 8.52. The van der Waals surface area contributed by atoms with Gasteiger partial charge in [0.2, 0.25) is 0 Å². The predicted octanol–water partition coefficient (Wildman–Crippen LogP) is 5.02. The summed E-state index contributed by atoms with van der Waals surface area (Å²) in [5, 5.41) is 3.68. The number of benzene rings is 2. The normalized spacial score (nSPS) is 26.1. The fraction of sp³-hybridized carbons (Fsp3) is 0.400. The molecule has 0 saturated carbocycles. The highest BCUT2D eigenvalue weighted by Gasteiger charge is 2.39. The second kappa shape index (κ2) is 5.97. The lowest BCUT2D eigenvalue weighted by Crippen LogP contribution is -2.36. The van der Waals surface area contributed by atoms with Gasteiger partial charge in [-0.25, -0.2) is 4.39 Å². The van der Waals surface area contributed by atoms with E-state index >= 15 is 0 Å². The first-order chi connectivity index (χ1) is 11.3. The van der Waals surface area contributed by atoms with Crippen LogP contribution in [0.5, 0.6) is 0 Å². The van der Waals surface area contributed by atoms with Gasteiger partial charge < -0.3 is 10.1 Å². The van der Waals surface area contributed by atoms with Crippen molar-refractivity contribution in [1.82, 2.24) is 0 Å². The molecular weight excluding hydrogens is 289 g/mol. The summed E-state index contributed by atoms with van der Waals surface area (Å²) in [6.07, 6.45) is 3.40. The molecule has 1 saturated heterocycles. The van der Waals surface area contributed by atoms with Gasteiger partial charge in [-0.15, -0.1) is 0 Å². The van der Waals surface area contributed by atoms with Crippen molar-refractivity contribution in [1.29, 1.82) is 0 Å². The highest BCUT2D eigenvalue weighted by Crippen LogP contribution is 2.49. The molecule has 0 unspecified atom stereocenters. The minimum Gasteiger partial charge on any atom is -0.378 e. The highest BCUT2D eigenvalue weighted by atomic mass is 19.1. The second-order valence-corrected chi connectivity index (χ2v) is 6.55. The Kier molecular flexibility index (Phi) is 3.82. The summed E-state index contributed by atoms with van der Waals surface area (Å²) in [5.41, 5.74) is 4.92. The Bertz CT molecular complexity index is 697. The van der Waals surface area contributed by atoms with E-state index in [0.717, 1.165) is 37.1 Å². The number of anilines is 1. The molecule has 2 nitrogen and oxygen atoms in total. The van der Waals surface area contributed by atoms with Crippen LogP contribution >= 0.6 is 0 Å². The Hall–Kier alpha value is -1.87. The molecule has 0 aliphatic carbocycles. The highest BCUT2D eigenvalue weighted by molar-refractivity contribution is 5.58. The van der Waals surface area contributed by atoms with E-state index in [0.29, 0.717) is 5.92 Å². The molecule has 23 heavy (non-hydrogen) atoms. The second-order valence-electron chi connectivity index (χ2n) is 6.55. The van der Waals surface area contributed by atoms with E-state index < -0.39 is 0 Å². The van der Waals surface area contributed by atoms with Crippen molar-refractivity contribution in [2.24, 2.45) is 5.92 Å². The van der Waals surface area contributed by atoms with Gasteiger partial charge >= 0.3 is 0 Å². The van der Waals surface area contributed by atoms with E-state index in [4.69, 9.17) is 4.74 Å². The molecule has 3 heteroatoms. The van der Waals surface area contributed by atoms with Crippen LogP contribution in [0.2, 0.25) is 0 Å². The fourth-order valence-corrected chi connectivity index (χ4v) is 3.94. The van der Waals surface area contributed by atoms with Crippen LogP contribution in [0.4, 0.5) is 10.1 Å². The van der Waals surface area contributed by atoms with Crippen LogP contribution in [0, 0.1) is 11.7 Å². The van der Waals surface area contributed by atoms with Crippen molar-refractivity contribution >= 4 is 5.69 Å². The van der Waals surface area contributed by atoms with Gasteiger partial charge in [-0.3, -0.25) is 0 Å². The van der Waals surface area contributed by atoms with E-state index in [1.54, 1.807) is 12.1 Å². The van der Waals surface area contributed by atoms with Gasteiger partial charge in [0.05, 0.1) is 12.1 Å². The number of ether oxygens (including phenoxy) is 1. The number of nitrogens with one attached hydrogen (secondary N) is 1. The summed E-state index contributed by atoms with van der Waals surface area (Å²) < 4.78 is 19.4. The van der Waals surface area contributed by atoms with Crippen LogP contribution in [0.25, 0.3) is 0 Å². The molecule has 4 rings (SSSR count). The van der Waals surface area contributed by atoms with E-state index in [1.165, 1.54) is 11.1 Å². The van der Waals surface area contributed by atoms with Crippen molar-refractivity contribution in [2.45, 2.75) is 38.3 Å². The van der Waals surface area contributed by atoms with Crippen molar-refractivity contribution in [2.75, 3.05) is 11.9 Å². The largest absolute Gasteiger partial charge is 0.378 e. The standard InChI is InChI=1S/C20H22FNO/c1-2-13-5-10-18-17(12-13)20-16(4-3-11-23-20)19(22-18)14-6-8-15(21)9-7-14/h5-10,12,16,19-20,22H,2-4,11H2,1H3/t16-,19-,20-/m0/s1. The van der Waals surface area contributed by atoms with E-state index in [2.05, 4.69) is 30.4 Å². The number of halogens is 1. The molecule has 2 aromatic carbocycles. The van der Waals surface area contributed by atoms with E-state index in [9.17, 15) is 4.39 Å². The van der Waals surface area contributed by atoms with Gasteiger partial charge in [-0.05, 0) is 48.6 Å². The maximum Gasteiger partial charge on any atom is 0.123 e. The van der Waals surface area contributed by atoms with Crippen molar-refractivity contribution in [3.05, 3.63) is 65.0 Å². The molecule has 1 N–H and O–H groups in total. The Morgan fingerprint density at radius 1 is 1.17 bits per heavy atom. The third-order valence-electron chi connectivity index (χ3n) is 5.17. The lowest BCUT2D eigenvalue weighted by atomic mass is 9.77. The lowest BCUT2D eigenvalue weighted by Gasteiger charge is -2.43. The number of rotatable bonds is 2. The monoisotopic (exact) mass is 311 g/mol. The molecule has 0 radical (unpaired) electrons. The first kappa shape index (κ1) is 14.7. The fourth-order valence-electron chi connectivity index (χ4n) is 3.94. The maximum absolute atomic E-state index is 13.3.